The van der Waals surface area contributed by atoms with Crippen molar-refractivity contribution in [2.45, 2.75) is 11.8 Å². The minimum absolute atomic E-state index is 0.0671. The summed E-state index contributed by atoms with van der Waals surface area (Å²) < 4.78 is 0. The maximum absolute atomic E-state index is 11.2. The number of hydrogen-bond donors (Lipinski definition) is 5. The number of fused-ring (bicyclic) bond motifs is 1. The maximum atomic E-state index is 11.2. The number of carboxylic acid groups (broad SMARTS) is 1. The van der Waals surface area contributed by atoms with Gasteiger partial charge in [-0.25, -0.2) is 0 Å². The second-order valence-corrected chi connectivity index (χ2v) is 4.37. The highest BCUT2D eigenvalue weighted by molar-refractivity contribution is 7.80. The van der Waals surface area contributed by atoms with Gasteiger partial charge in [0.2, 0.25) is 11.6 Å². The Bertz CT molecular complexity index is 520. The SMILES string of the molecule is NC(CS)C(=O)O.O=C1c2ccccc2C(=O)C1(O)O. The number of rotatable bonds is 2. The van der Waals surface area contributed by atoms with Gasteiger partial charge in [-0.2, -0.15) is 12.6 Å². The molecule has 1 unspecified atom stereocenters. The topological polar surface area (TPSA) is 138 Å². The van der Waals surface area contributed by atoms with E-state index in [1.54, 1.807) is 12.1 Å². The highest BCUT2D eigenvalue weighted by Crippen LogP contribution is 2.27. The molecule has 5 N–H and O–H groups in total. The van der Waals surface area contributed by atoms with Gasteiger partial charge in [0.15, 0.2) is 0 Å². The van der Waals surface area contributed by atoms with Gasteiger partial charge in [-0.1, -0.05) is 24.3 Å². The van der Waals surface area contributed by atoms with Crippen molar-refractivity contribution in [3.63, 3.8) is 0 Å². The van der Waals surface area contributed by atoms with Crippen LogP contribution in [-0.4, -0.2) is 50.4 Å². The number of Topliss-reactive ketones (excluding diaryl/α,β-unsaturated/α-hetero) is 2. The molecule has 0 fully saturated rings. The van der Waals surface area contributed by atoms with Crippen molar-refractivity contribution in [2.75, 3.05) is 5.75 Å². The third-order valence-corrected chi connectivity index (χ3v) is 2.96. The third kappa shape index (κ3) is 3.05. The molecule has 0 aromatic heterocycles. The Labute approximate surface area is 119 Å². The van der Waals surface area contributed by atoms with Gasteiger partial charge in [0, 0.05) is 16.9 Å². The third-order valence-electron chi connectivity index (χ3n) is 2.56. The predicted molar refractivity (Wildman–Crippen MR) is 71.7 cm³/mol. The molecule has 20 heavy (non-hydrogen) atoms. The maximum Gasteiger partial charge on any atom is 0.321 e. The van der Waals surface area contributed by atoms with Crippen LogP contribution in [0, 0.1) is 0 Å². The van der Waals surface area contributed by atoms with Crippen molar-refractivity contribution < 1.29 is 29.7 Å². The Kier molecular flexibility index (Phi) is 5.01. The van der Waals surface area contributed by atoms with Crippen molar-refractivity contribution in [1.82, 2.24) is 0 Å². The molecule has 0 radical (unpaired) electrons. The first-order valence-electron chi connectivity index (χ1n) is 5.46. The van der Waals surface area contributed by atoms with Crippen LogP contribution in [0.3, 0.4) is 0 Å². The molecule has 1 aliphatic carbocycles. The predicted octanol–water partition coefficient (Wildman–Crippen LogP) is -0.925. The van der Waals surface area contributed by atoms with E-state index in [2.05, 4.69) is 12.6 Å². The standard InChI is InChI=1S/C9H6O4.C3H7NO2S/c10-7-5-3-1-2-4-6(5)8(11)9(7,12)13;4-2(1-7)3(5)6/h1-4,12-13H;2,7H,1,4H2,(H,5,6). The summed E-state index contributed by atoms with van der Waals surface area (Å²) in [6.07, 6.45) is 0. The summed E-state index contributed by atoms with van der Waals surface area (Å²) in [5.41, 5.74) is 5.07. The second kappa shape index (κ2) is 6.14. The highest BCUT2D eigenvalue weighted by atomic mass is 32.1. The summed E-state index contributed by atoms with van der Waals surface area (Å²) in [6.45, 7) is 0. The van der Waals surface area contributed by atoms with Crippen LogP contribution in [0.4, 0.5) is 0 Å². The van der Waals surface area contributed by atoms with E-state index in [-0.39, 0.29) is 16.9 Å². The molecule has 0 amide bonds. The average molecular weight is 299 g/mol. The molecule has 0 saturated heterocycles. The smallest absolute Gasteiger partial charge is 0.321 e. The molecule has 8 heteroatoms. The first kappa shape index (κ1) is 16.3. The molecule has 0 bridgehead atoms. The van der Waals surface area contributed by atoms with Crippen LogP contribution >= 0.6 is 12.6 Å². The monoisotopic (exact) mass is 299 g/mol. The summed E-state index contributed by atoms with van der Waals surface area (Å²) in [7, 11) is 0. The number of carboxylic acids is 1. The zero-order valence-electron chi connectivity index (χ0n) is 10.2. The molecule has 108 valence electrons. The normalized spacial score (nSPS) is 17.0. The van der Waals surface area contributed by atoms with E-state index in [9.17, 15) is 14.4 Å². The number of benzene rings is 1. The number of carbonyl (C=O) groups is 3. The van der Waals surface area contributed by atoms with Crippen molar-refractivity contribution in [1.29, 1.82) is 0 Å². The largest absolute Gasteiger partial charge is 0.480 e. The lowest BCUT2D eigenvalue weighted by atomic mass is 10.1. The van der Waals surface area contributed by atoms with Gasteiger partial charge in [0.05, 0.1) is 0 Å². The molecule has 1 aromatic rings. The lowest BCUT2D eigenvalue weighted by Gasteiger charge is -2.08. The summed E-state index contributed by atoms with van der Waals surface area (Å²) in [5.74, 6) is -5.57. The molecule has 0 aliphatic heterocycles. The zero-order valence-corrected chi connectivity index (χ0v) is 11.1. The Morgan fingerprint density at radius 1 is 1.20 bits per heavy atom. The number of aliphatic carboxylic acids is 1. The second-order valence-electron chi connectivity index (χ2n) is 4.00. The number of hydrogen-bond acceptors (Lipinski definition) is 7. The van der Waals surface area contributed by atoms with Crippen LogP contribution in [0.15, 0.2) is 24.3 Å². The Morgan fingerprint density at radius 2 is 1.60 bits per heavy atom. The van der Waals surface area contributed by atoms with Gasteiger partial charge >= 0.3 is 5.97 Å². The van der Waals surface area contributed by atoms with Crippen molar-refractivity contribution >= 4 is 30.2 Å². The number of ketones is 2. The fourth-order valence-electron chi connectivity index (χ4n) is 1.44. The molecule has 0 spiro atoms. The van der Waals surface area contributed by atoms with Gasteiger partial charge in [0.1, 0.15) is 6.04 Å². The fourth-order valence-corrected chi connectivity index (χ4v) is 1.59. The van der Waals surface area contributed by atoms with E-state index in [0.717, 1.165) is 0 Å². The van der Waals surface area contributed by atoms with Crippen LogP contribution in [-0.2, 0) is 4.79 Å². The number of carbonyl (C=O) groups excluding carboxylic acids is 2. The zero-order chi connectivity index (χ0) is 15.5. The summed E-state index contributed by atoms with van der Waals surface area (Å²) in [4.78, 5) is 32.2. The van der Waals surface area contributed by atoms with Crippen LogP contribution in [0.2, 0.25) is 0 Å². The molecule has 0 heterocycles. The molecule has 1 aromatic carbocycles. The van der Waals surface area contributed by atoms with E-state index < -0.39 is 29.4 Å². The Hall–Kier alpha value is -1.74. The van der Waals surface area contributed by atoms with Crippen LogP contribution in [0.5, 0.6) is 0 Å². The van der Waals surface area contributed by atoms with Crippen molar-refractivity contribution in [3.05, 3.63) is 35.4 Å². The Balaban J connectivity index is 0.000000246. The van der Waals surface area contributed by atoms with Gasteiger partial charge in [-0.05, 0) is 0 Å². The molecule has 7 nitrogen and oxygen atoms in total. The Morgan fingerprint density at radius 3 is 1.85 bits per heavy atom. The lowest BCUT2D eigenvalue weighted by Crippen LogP contribution is -2.40. The molecular formula is C12H13NO6S. The van der Waals surface area contributed by atoms with Gasteiger partial charge in [0.25, 0.3) is 5.79 Å². The van der Waals surface area contributed by atoms with Gasteiger partial charge in [-0.15, -0.1) is 0 Å². The first-order chi connectivity index (χ1) is 9.23. The van der Waals surface area contributed by atoms with Crippen molar-refractivity contribution in [2.24, 2.45) is 5.73 Å². The lowest BCUT2D eigenvalue weighted by molar-refractivity contribution is -0.137. The minimum Gasteiger partial charge on any atom is -0.480 e. The molecule has 1 aliphatic rings. The van der Waals surface area contributed by atoms with E-state index in [0.29, 0.717) is 0 Å². The van der Waals surface area contributed by atoms with Crippen LogP contribution in [0.25, 0.3) is 0 Å². The van der Waals surface area contributed by atoms with Gasteiger partial charge < -0.3 is 21.1 Å². The van der Waals surface area contributed by atoms with E-state index in [4.69, 9.17) is 21.1 Å². The fraction of sp³-hybridized carbons (Fsp3) is 0.250. The number of aliphatic hydroxyl groups is 2. The van der Waals surface area contributed by atoms with E-state index in [1.807, 2.05) is 0 Å². The van der Waals surface area contributed by atoms with E-state index in [1.165, 1.54) is 12.1 Å². The first-order valence-corrected chi connectivity index (χ1v) is 6.09. The van der Waals surface area contributed by atoms with Crippen LogP contribution < -0.4 is 5.73 Å². The molecule has 0 saturated carbocycles. The summed E-state index contributed by atoms with van der Waals surface area (Å²) in [6, 6.07) is 5.09. The molecule has 1 atom stereocenters. The van der Waals surface area contributed by atoms with Gasteiger partial charge in [-0.3, -0.25) is 14.4 Å². The number of nitrogens with two attached hydrogens (primary N) is 1. The van der Waals surface area contributed by atoms with E-state index >= 15 is 0 Å². The van der Waals surface area contributed by atoms with Crippen LogP contribution in [0.1, 0.15) is 20.7 Å². The molecular weight excluding hydrogens is 286 g/mol. The number of thiol groups is 1. The van der Waals surface area contributed by atoms with Crippen molar-refractivity contribution in [3.8, 4) is 0 Å². The highest BCUT2D eigenvalue weighted by Gasteiger charge is 2.50. The molecule has 2 rings (SSSR count). The minimum atomic E-state index is -2.86. The average Bonchev–Trinajstić information content (AvgIpc) is 2.60. The summed E-state index contributed by atoms with van der Waals surface area (Å²) >= 11 is 3.65. The summed E-state index contributed by atoms with van der Waals surface area (Å²) in [5, 5.41) is 26.2. The quantitative estimate of drug-likeness (QED) is 0.270.